The first-order valence-corrected chi connectivity index (χ1v) is 6.08. The highest BCUT2D eigenvalue weighted by atomic mass is 19.2. The van der Waals surface area contributed by atoms with Crippen LogP contribution in [0.4, 0.5) is 14.5 Å². The number of halogens is 2. The monoisotopic (exact) mass is 276 g/mol. The number of hydrogen-bond acceptors (Lipinski definition) is 2. The minimum Gasteiger partial charge on any atom is -0.399 e. The molecule has 20 heavy (non-hydrogen) atoms. The maximum atomic E-state index is 13.1. The van der Waals surface area contributed by atoms with Crippen LogP contribution in [-0.4, -0.2) is 5.91 Å². The summed E-state index contributed by atoms with van der Waals surface area (Å²) in [7, 11) is 0. The molecule has 3 N–H and O–H groups in total. The smallest absolute Gasteiger partial charge is 0.251 e. The summed E-state index contributed by atoms with van der Waals surface area (Å²) in [5.41, 5.74) is 7.05. The molecule has 0 heterocycles. The van der Waals surface area contributed by atoms with Gasteiger partial charge in [0, 0.05) is 11.3 Å². The van der Waals surface area contributed by atoms with Crippen molar-refractivity contribution in [3.8, 4) is 0 Å². The average molecular weight is 276 g/mol. The van der Waals surface area contributed by atoms with Crippen LogP contribution in [-0.2, 0) is 0 Å². The fraction of sp³-hybridized carbons (Fsp3) is 0.133. The normalized spacial score (nSPS) is 11.9. The molecule has 2 rings (SSSR count). The molecule has 1 amide bonds. The number of rotatable bonds is 3. The third kappa shape index (κ3) is 3.12. The van der Waals surface area contributed by atoms with Crippen LogP contribution in [0.1, 0.15) is 28.9 Å². The Morgan fingerprint density at radius 1 is 1.10 bits per heavy atom. The highest BCUT2D eigenvalue weighted by Gasteiger charge is 2.13. The standard InChI is InChI=1S/C15H14F2N2O/c1-9(11-4-7-13(16)14(17)8-11)19-15(20)10-2-5-12(18)6-3-10/h2-9H,18H2,1H3,(H,19,20). The molecule has 0 aliphatic heterocycles. The van der Waals surface area contributed by atoms with Crippen molar-refractivity contribution < 1.29 is 13.6 Å². The van der Waals surface area contributed by atoms with Gasteiger partial charge in [-0.3, -0.25) is 4.79 Å². The van der Waals surface area contributed by atoms with E-state index in [1.165, 1.54) is 6.07 Å². The molecule has 1 unspecified atom stereocenters. The maximum absolute atomic E-state index is 13.1. The van der Waals surface area contributed by atoms with E-state index >= 15 is 0 Å². The van der Waals surface area contributed by atoms with Crippen molar-refractivity contribution in [2.75, 3.05) is 5.73 Å². The van der Waals surface area contributed by atoms with E-state index in [0.29, 0.717) is 16.8 Å². The summed E-state index contributed by atoms with van der Waals surface area (Å²) in [4.78, 5) is 12.0. The fourth-order valence-electron chi connectivity index (χ4n) is 1.78. The zero-order valence-corrected chi connectivity index (χ0v) is 10.9. The van der Waals surface area contributed by atoms with Crippen LogP contribution in [0.3, 0.4) is 0 Å². The topological polar surface area (TPSA) is 55.1 Å². The lowest BCUT2D eigenvalue weighted by Gasteiger charge is -2.14. The van der Waals surface area contributed by atoms with E-state index in [9.17, 15) is 13.6 Å². The molecule has 0 saturated heterocycles. The molecule has 0 spiro atoms. The van der Waals surface area contributed by atoms with Crippen molar-refractivity contribution in [2.45, 2.75) is 13.0 Å². The van der Waals surface area contributed by atoms with Gasteiger partial charge in [-0.25, -0.2) is 8.78 Å². The summed E-state index contributed by atoms with van der Waals surface area (Å²) < 4.78 is 26.0. The Morgan fingerprint density at radius 2 is 1.75 bits per heavy atom. The Balaban J connectivity index is 2.10. The maximum Gasteiger partial charge on any atom is 0.251 e. The zero-order chi connectivity index (χ0) is 14.7. The third-order valence-electron chi connectivity index (χ3n) is 2.96. The molecule has 2 aromatic rings. The molecule has 3 nitrogen and oxygen atoms in total. The van der Waals surface area contributed by atoms with Crippen LogP contribution in [0.15, 0.2) is 42.5 Å². The van der Waals surface area contributed by atoms with Gasteiger partial charge in [-0.2, -0.15) is 0 Å². The summed E-state index contributed by atoms with van der Waals surface area (Å²) in [6, 6.07) is 9.56. The Labute approximate surface area is 115 Å². The number of carbonyl (C=O) groups excluding carboxylic acids is 1. The van der Waals surface area contributed by atoms with Gasteiger partial charge < -0.3 is 11.1 Å². The van der Waals surface area contributed by atoms with Crippen molar-refractivity contribution >= 4 is 11.6 Å². The molecular formula is C15H14F2N2O. The molecule has 0 fully saturated rings. The molecule has 0 aromatic heterocycles. The van der Waals surface area contributed by atoms with Crippen LogP contribution in [0.25, 0.3) is 0 Å². The molecule has 0 saturated carbocycles. The zero-order valence-electron chi connectivity index (χ0n) is 10.9. The van der Waals surface area contributed by atoms with E-state index in [4.69, 9.17) is 5.73 Å². The van der Waals surface area contributed by atoms with E-state index in [0.717, 1.165) is 12.1 Å². The van der Waals surface area contributed by atoms with Crippen molar-refractivity contribution in [3.63, 3.8) is 0 Å². The summed E-state index contributed by atoms with van der Waals surface area (Å²) in [5, 5.41) is 2.71. The van der Waals surface area contributed by atoms with Crippen molar-refractivity contribution in [2.24, 2.45) is 0 Å². The van der Waals surface area contributed by atoms with E-state index in [-0.39, 0.29) is 5.91 Å². The number of benzene rings is 2. The number of nitrogen functional groups attached to an aromatic ring is 1. The predicted octanol–water partition coefficient (Wildman–Crippen LogP) is 3.04. The molecule has 1 atom stereocenters. The first-order chi connectivity index (χ1) is 9.47. The van der Waals surface area contributed by atoms with Crippen LogP contribution in [0.2, 0.25) is 0 Å². The Morgan fingerprint density at radius 3 is 2.35 bits per heavy atom. The first kappa shape index (κ1) is 14.0. The lowest BCUT2D eigenvalue weighted by atomic mass is 10.1. The van der Waals surface area contributed by atoms with Crippen LogP contribution < -0.4 is 11.1 Å². The van der Waals surface area contributed by atoms with Gasteiger partial charge in [-0.15, -0.1) is 0 Å². The van der Waals surface area contributed by atoms with Gasteiger partial charge in [-0.05, 0) is 48.9 Å². The number of anilines is 1. The SMILES string of the molecule is CC(NC(=O)c1ccc(N)cc1)c1ccc(F)c(F)c1. The minimum absolute atomic E-state index is 0.303. The van der Waals surface area contributed by atoms with Crippen molar-refractivity contribution in [1.29, 1.82) is 0 Å². The van der Waals surface area contributed by atoms with E-state index in [1.807, 2.05) is 0 Å². The predicted molar refractivity (Wildman–Crippen MR) is 73.1 cm³/mol. The van der Waals surface area contributed by atoms with Gasteiger partial charge in [0.25, 0.3) is 5.91 Å². The number of carbonyl (C=O) groups is 1. The van der Waals surface area contributed by atoms with Gasteiger partial charge in [0.2, 0.25) is 0 Å². The number of nitrogens with one attached hydrogen (secondary N) is 1. The quantitative estimate of drug-likeness (QED) is 0.847. The molecule has 2 aromatic carbocycles. The first-order valence-electron chi connectivity index (χ1n) is 6.08. The molecule has 0 bridgehead atoms. The molecule has 0 radical (unpaired) electrons. The molecule has 0 aliphatic rings. The second kappa shape index (κ2) is 5.69. The van der Waals surface area contributed by atoms with Crippen molar-refractivity contribution in [3.05, 3.63) is 65.2 Å². The van der Waals surface area contributed by atoms with Gasteiger partial charge in [0.15, 0.2) is 11.6 Å². The van der Waals surface area contributed by atoms with Crippen LogP contribution in [0.5, 0.6) is 0 Å². The number of nitrogens with two attached hydrogens (primary N) is 1. The van der Waals surface area contributed by atoms with E-state index in [2.05, 4.69) is 5.32 Å². The minimum atomic E-state index is -0.934. The lowest BCUT2D eigenvalue weighted by Crippen LogP contribution is -2.26. The molecule has 104 valence electrons. The molecule has 0 aliphatic carbocycles. The van der Waals surface area contributed by atoms with Gasteiger partial charge in [-0.1, -0.05) is 6.07 Å². The largest absolute Gasteiger partial charge is 0.399 e. The lowest BCUT2D eigenvalue weighted by molar-refractivity contribution is 0.0940. The Kier molecular flexibility index (Phi) is 3.98. The molecule has 5 heteroatoms. The second-order valence-corrected chi connectivity index (χ2v) is 4.49. The average Bonchev–Trinajstić information content (AvgIpc) is 2.42. The van der Waals surface area contributed by atoms with Crippen LogP contribution >= 0.6 is 0 Å². The summed E-state index contributed by atoms with van der Waals surface area (Å²) >= 11 is 0. The van der Waals surface area contributed by atoms with Gasteiger partial charge >= 0.3 is 0 Å². The molecular weight excluding hydrogens is 262 g/mol. The second-order valence-electron chi connectivity index (χ2n) is 4.49. The van der Waals surface area contributed by atoms with E-state index < -0.39 is 17.7 Å². The Hall–Kier alpha value is -2.43. The number of amides is 1. The number of hydrogen-bond donors (Lipinski definition) is 2. The highest BCUT2D eigenvalue weighted by molar-refractivity contribution is 5.94. The highest BCUT2D eigenvalue weighted by Crippen LogP contribution is 2.16. The summed E-state index contributed by atoms with van der Waals surface area (Å²) in [5.74, 6) is -2.15. The van der Waals surface area contributed by atoms with Gasteiger partial charge in [0.05, 0.1) is 6.04 Å². The third-order valence-corrected chi connectivity index (χ3v) is 2.96. The van der Waals surface area contributed by atoms with Gasteiger partial charge in [0.1, 0.15) is 0 Å². The Bertz CT molecular complexity index is 626. The summed E-state index contributed by atoms with van der Waals surface area (Å²) in [6.45, 7) is 1.70. The fourth-order valence-corrected chi connectivity index (χ4v) is 1.78. The van der Waals surface area contributed by atoms with Crippen LogP contribution in [0, 0.1) is 11.6 Å². The summed E-state index contributed by atoms with van der Waals surface area (Å²) in [6.07, 6.45) is 0. The van der Waals surface area contributed by atoms with E-state index in [1.54, 1.807) is 31.2 Å². The van der Waals surface area contributed by atoms with Crippen molar-refractivity contribution in [1.82, 2.24) is 5.32 Å².